The zero-order valence-corrected chi connectivity index (χ0v) is 13.6. The molecule has 0 saturated carbocycles. The first-order chi connectivity index (χ1) is 10.5. The third-order valence-corrected chi connectivity index (χ3v) is 4.52. The van der Waals surface area contributed by atoms with Crippen molar-refractivity contribution in [1.82, 2.24) is 9.88 Å². The summed E-state index contributed by atoms with van der Waals surface area (Å²) in [6.07, 6.45) is 1.90. The maximum Gasteiger partial charge on any atom is 0.265 e. The second kappa shape index (κ2) is 6.96. The fourth-order valence-electron chi connectivity index (χ4n) is 2.07. The third-order valence-electron chi connectivity index (χ3n) is 3.36. The fourth-order valence-corrected chi connectivity index (χ4v) is 3.18. The van der Waals surface area contributed by atoms with Gasteiger partial charge in [0.2, 0.25) is 0 Å². The molecule has 1 amide bonds. The van der Waals surface area contributed by atoms with Crippen molar-refractivity contribution >= 4 is 17.2 Å². The smallest absolute Gasteiger partial charge is 0.265 e. The van der Waals surface area contributed by atoms with Crippen molar-refractivity contribution in [2.24, 2.45) is 0 Å². The van der Waals surface area contributed by atoms with Gasteiger partial charge in [-0.2, -0.15) is 0 Å². The molecule has 0 aliphatic rings. The Morgan fingerprint density at radius 1 is 1.32 bits per heavy atom. The van der Waals surface area contributed by atoms with Crippen molar-refractivity contribution in [2.45, 2.75) is 26.7 Å². The molecule has 0 unspecified atom stereocenters. The van der Waals surface area contributed by atoms with Crippen LogP contribution in [-0.4, -0.2) is 29.4 Å². The van der Waals surface area contributed by atoms with E-state index in [0.29, 0.717) is 17.1 Å². The average molecular weight is 324 g/mol. The standard InChI is InChI=1S/C16H18F2N2OS/c1-4-5-9-20(3)16(21)14-10(2)19-15(22-14)13-11(17)7-6-8-12(13)18/h6-8H,4-5,9H2,1-3H3. The zero-order chi connectivity index (χ0) is 16.3. The first kappa shape index (κ1) is 16.5. The van der Waals surface area contributed by atoms with Crippen LogP contribution in [0.4, 0.5) is 8.78 Å². The van der Waals surface area contributed by atoms with Gasteiger partial charge in [-0.25, -0.2) is 13.8 Å². The SMILES string of the molecule is CCCCN(C)C(=O)c1sc(-c2c(F)cccc2F)nc1C. The number of rotatable bonds is 5. The highest BCUT2D eigenvalue weighted by Crippen LogP contribution is 2.32. The third kappa shape index (κ3) is 3.32. The summed E-state index contributed by atoms with van der Waals surface area (Å²) in [5.41, 5.74) is 0.321. The van der Waals surface area contributed by atoms with Crippen LogP contribution in [0.3, 0.4) is 0 Å². The van der Waals surface area contributed by atoms with Crippen LogP contribution < -0.4 is 0 Å². The maximum absolute atomic E-state index is 13.8. The molecule has 1 heterocycles. The van der Waals surface area contributed by atoms with Gasteiger partial charge in [0.15, 0.2) is 0 Å². The van der Waals surface area contributed by atoms with Gasteiger partial charge in [0.05, 0.1) is 11.3 Å². The highest BCUT2D eigenvalue weighted by molar-refractivity contribution is 7.17. The molecule has 0 N–H and O–H groups in total. The van der Waals surface area contributed by atoms with Crippen LogP contribution in [-0.2, 0) is 0 Å². The van der Waals surface area contributed by atoms with Crippen molar-refractivity contribution in [3.05, 3.63) is 40.4 Å². The number of thiazole rings is 1. The molecular weight excluding hydrogens is 306 g/mol. The summed E-state index contributed by atoms with van der Waals surface area (Å²) in [4.78, 5) is 18.6. The Morgan fingerprint density at radius 2 is 1.95 bits per heavy atom. The lowest BCUT2D eigenvalue weighted by molar-refractivity contribution is 0.0797. The van der Waals surface area contributed by atoms with Crippen LogP contribution in [0.15, 0.2) is 18.2 Å². The Bertz CT molecular complexity index is 665. The number of carbonyl (C=O) groups excluding carboxylic acids is 1. The van der Waals surface area contributed by atoms with Gasteiger partial charge < -0.3 is 4.90 Å². The maximum atomic E-state index is 13.8. The van der Waals surface area contributed by atoms with Gasteiger partial charge in [-0.1, -0.05) is 19.4 Å². The van der Waals surface area contributed by atoms with Crippen molar-refractivity contribution in [1.29, 1.82) is 0 Å². The monoisotopic (exact) mass is 324 g/mol. The van der Waals surface area contributed by atoms with E-state index in [-0.39, 0.29) is 16.5 Å². The molecule has 0 spiro atoms. The molecule has 2 aromatic rings. The highest BCUT2D eigenvalue weighted by Gasteiger charge is 2.22. The van der Waals surface area contributed by atoms with Crippen molar-refractivity contribution in [3.63, 3.8) is 0 Å². The Morgan fingerprint density at radius 3 is 2.55 bits per heavy atom. The van der Waals surface area contributed by atoms with E-state index in [1.165, 1.54) is 18.2 Å². The molecule has 1 aromatic heterocycles. The molecule has 0 aliphatic heterocycles. The largest absolute Gasteiger partial charge is 0.341 e. The second-order valence-electron chi connectivity index (χ2n) is 5.11. The van der Waals surface area contributed by atoms with Gasteiger partial charge in [0, 0.05) is 13.6 Å². The molecule has 0 bridgehead atoms. The number of carbonyl (C=O) groups is 1. The topological polar surface area (TPSA) is 33.2 Å². The lowest BCUT2D eigenvalue weighted by atomic mass is 10.2. The van der Waals surface area contributed by atoms with Crippen molar-refractivity contribution in [3.8, 4) is 10.6 Å². The summed E-state index contributed by atoms with van der Waals surface area (Å²) in [7, 11) is 1.72. The first-order valence-corrected chi connectivity index (χ1v) is 7.94. The van der Waals surface area contributed by atoms with Gasteiger partial charge in [0.25, 0.3) is 5.91 Å². The Balaban J connectivity index is 2.34. The summed E-state index contributed by atoms with van der Waals surface area (Å²) in [6, 6.07) is 3.67. The molecule has 22 heavy (non-hydrogen) atoms. The van der Waals surface area contributed by atoms with E-state index in [9.17, 15) is 13.6 Å². The Kier molecular flexibility index (Phi) is 5.24. The zero-order valence-electron chi connectivity index (χ0n) is 12.8. The molecule has 0 aliphatic carbocycles. The van der Waals surface area contributed by atoms with Gasteiger partial charge in [0.1, 0.15) is 21.5 Å². The molecule has 6 heteroatoms. The van der Waals surface area contributed by atoms with Crippen LogP contribution in [0.1, 0.15) is 35.1 Å². The second-order valence-corrected chi connectivity index (χ2v) is 6.11. The van der Waals surface area contributed by atoms with Gasteiger partial charge in [-0.3, -0.25) is 4.79 Å². The van der Waals surface area contributed by atoms with E-state index in [4.69, 9.17) is 0 Å². The summed E-state index contributed by atoms with van der Waals surface area (Å²) < 4.78 is 27.7. The normalized spacial score (nSPS) is 10.8. The molecule has 118 valence electrons. The molecule has 0 saturated heterocycles. The summed E-state index contributed by atoms with van der Waals surface area (Å²) >= 11 is 1.03. The number of hydrogen-bond donors (Lipinski definition) is 0. The van der Waals surface area contributed by atoms with Crippen LogP contribution in [0.5, 0.6) is 0 Å². The van der Waals surface area contributed by atoms with Gasteiger partial charge in [-0.05, 0) is 25.5 Å². The minimum atomic E-state index is -0.674. The van der Waals surface area contributed by atoms with Gasteiger partial charge >= 0.3 is 0 Å². The summed E-state index contributed by atoms with van der Waals surface area (Å²) in [5.74, 6) is -1.51. The first-order valence-electron chi connectivity index (χ1n) is 7.13. The molecule has 2 rings (SSSR count). The fraction of sp³-hybridized carbons (Fsp3) is 0.375. The summed E-state index contributed by atoms with van der Waals surface area (Å²) in [6.45, 7) is 4.38. The number of unbranched alkanes of at least 4 members (excludes halogenated alkanes) is 1. The van der Waals surface area contributed by atoms with E-state index in [1.54, 1.807) is 18.9 Å². The van der Waals surface area contributed by atoms with E-state index in [2.05, 4.69) is 11.9 Å². The van der Waals surface area contributed by atoms with Crippen LogP contribution in [0.2, 0.25) is 0 Å². The van der Waals surface area contributed by atoms with Crippen molar-refractivity contribution in [2.75, 3.05) is 13.6 Å². The number of amides is 1. The predicted molar refractivity (Wildman–Crippen MR) is 84.1 cm³/mol. The number of aromatic nitrogens is 1. The van der Waals surface area contributed by atoms with E-state index < -0.39 is 11.6 Å². The quantitative estimate of drug-likeness (QED) is 0.823. The number of nitrogens with zero attached hydrogens (tertiary/aromatic N) is 2. The van der Waals surface area contributed by atoms with E-state index >= 15 is 0 Å². The van der Waals surface area contributed by atoms with Crippen LogP contribution in [0, 0.1) is 18.6 Å². The molecular formula is C16H18F2N2OS. The number of aryl methyl sites for hydroxylation is 1. The lowest BCUT2D eigenvalue weighted by Crippen LogP contribution is -2.27. The highest BCUT2D eigenvalue weighted by atomic mass is 32.1. The average Bonchev–Trinajstić information content (AvgIpc) is 2.85. The Hall–Kier alpha value is -1.82. The molecule has 0 atom stereocenters. The van der Waals surface area contributed by atoms with Crippen LogP contribution >= 0.6 is 11.3 Å². The molecule has 3 nitrogen and oxygen atoms in total. The van der Waals surface area contributed by atoms with Crippen molar-refractivity contribution < 1.29 is 13.6 Å². The van der Waals surface area contributed by atoms with Crippen LogP contribution in [0.25, 0.3) is 10.6 Å². The number of hydrogen-bond acceptors (Lipinski definition) is 3. The molecule has 0 fully saturated rings. The predicted octanol–water partition coefficient (Wildman–Crippen LogP) is 4.27. The molecule has 0 radical (unpaired) electrons. The minimum absolute atomic E-state index is 0.161. The lowest BCUT2D eigenvalue weighted by Gasteiger charge is -2.15. The minimum Gasteiger partial charge on any atom is -0.341 e. The van der Waals surface area contributed by atoms with Gasteiger partial charge in [-0.15, -0.1) is 11.3 Å². The summed E-state index contributed by atoms with van der Waals surface area (Å²) in [5, 5.41) is 0.195. The Labute approximate surface area is 132 Å². The van der Waals surface area contributed by atoms with E-state index in [0.717, 1.165) is 24.2 Å². The number of halogens is 2. The number of benzene rings is 1. The molecule has 1 aromatic carbocycles. The van der Waals surface area contributed by atoms with E-state index in [1.807, 2.05) is 0 Å².